The third kappa shape index (κ3) is 4.92. The van der Waals surface area contributed by atoms with Gasteiger partial charge in [-0.05, 0) is 67.1 Å². The Labute approximate surface area is 334 Å². The van der Waals surface area contributed by atoms with Crippen molar-refractivity contribution in [3.8, 4) is 55.6 Å². The Morgan fingerprint density at radius 2 is 0.500 bits per heavy atom. The van der Waals surface area contributed by atoms with Gasteiger partial charge in [0.2, 0.25) is 0 Å². The Kier molecular flexibility index (Phi) is 7.26. The predicted octanol–water partition coefficient (Wildman–Crippen LogP) is 16.1. The van der Waals surface area contributed by atoms with Crippen LogP contribution in [-0.4, -0.2) is 0 Å². The first kappa shape index (κ1) is 32.6. The molecule has 58 heavy (non-hydrogen) atoms. The molecular formula is C56H34O2. The number of para-hydroxylation sites is 2. The lowest BCUT2D eigenvalue weighted by Crippen LogP contribution is -1.91. The lowest BCUT2D eigenvalue weighted by molar-refractivity contribution is 0.670. The van der Waals surface area contributed by atoms with Gasteiger partial charge >= 0.3 is 0 Å². The molecule has 2 heterocycles. The molecule has 0 atom stereocenters. The van der Waals surface area contributed by atoms with Crippen molar-refractivity contribution in [1.29, 1.82) is 0 Å². The summed E-state index contributed by atoms with van der Waals surface area (Å²) in [6.45, 7) is 0. The maximum atomic E-state index is 6.75. The first-order valence-electron chi connectivity index (χ1n) is 19.8. The fourth-order valence-corrected chi connectivity index (χ4v) is 9.33. The molecule has 0 radical (unpaired) electrons. The quantitative estimate of drug-likeness (QED) is 0.176. The Balaban J connectivity index is 1.01. The summed E-state index contributed by atoms with van der Waals surface area (Å²) in [6, 6.07) is 73.7. The zero-order chi connectivity index (χ0) is 38.2. The van der Waals surface area contributed by atoms with Crippen LogP contribution in [0.25, 0.3) is 121 Å². The predicted molar refractivity (Wildman–Crippen MR) is 243 cm³/mol. The molecule has 0 aliphatic heterocycles. The molecule has 12 aromatic rings. The number of furan rings is 2. The average Bonchev–Trinajstić information content (AvgIpc) is 3.88. The van der Waals surface area contributed by atoms with Crippen LogP contribution in [0.1, 0.15) is 0 Å². The summed E-state index contributed by atoms with van der Waals surface area (Å²) < 4.78 is 13.5. The number of fused-ring (bicyclic) bond motifs is 10. The number of rotatable bonds is 5. The fraction of sp³-hybridized carbons (Fsp3) is 0. The Bertz CT molecular complexity index is 3280. The number of benzene rings is 10. The SMILES string of the molecule is c1ccc(-c2c(-c3ccc(-c4ccc(-c5c(-c6ccccc6)c6oc7ccccc7c6c6ccccc56)cc4)cc3)c3ccccc3c3c2oc2ccccc23)cc1. The van der Waals surface area contributed by atoms with Crippen LogP contribution >= 0.6 is 0 Å². The van der Waals surface area contributed by atoms with E-state index >= 15 is 0 Å². The van der Waals surface area contributed by atoms with Crippen molar-refractivity contribution in [2.45, 2.75) is 0 Å². The van der Waals surface area contributed by atoms with Crippen molar-refractivity contribution in [2.24, 2.45) is 0 Å². The van der Waals surface area contributed by atoms with E-state index < -0.39 is 0 Å². The van der Waals surface area contributed by atoms with Gasteiger partial charge in [-0.2, -0.15) is 0 Å². The van der Waals surface area contributed by atoms with Crippen LogP contribution in [0.3, 0.4) is 0 Å². The summed E-state index contributed by atoms with van der Waals surface area (Å²) in [5.41, 5.74) is 15.1. The summed E-state index contributed by atoms with van der Waals surface area (Å²) in [5.74, 6) is 0. The first-order valence-corrected chi connectivity index (χ1v) is 19.8. The van der Waals surface area contributed by atoms with Gasteiger partial charge in [-0.25, -0.2) is 0 Å². The lowest BCUT2D eigenvalue weighted by atomic mass is 9.86. The van der Waals surface area contributed by atoms with E-state index in [0.717, 1.165) is 88.4 Å². The van der Waals surface area contributed by atoms with Gasteiger partial charge in [0, 0.05) is 43.8 Å². The summed E-state index contributed by atoms with van der Waals surface area (Å²) in [4.78, 5) is 0. The Hall–Kier alpha value is -7.68. The molecule has 0 saturated heterocycles. The van der Waals surface area contributed by atoms with Crippen molar-refractivity contribution in [3.05, 3.63) is 206 Å². The van der Waals surface area contributed by atoms with Gasteiger partial charge in [0.25, 0.3) is 0 Å². The molecule has 2 aromatic heterocycles. The van der Waals surface area contributed by atoms with Gasteiger partial charge in [-0.1, -0.05) is 194 Å². The zero-order valence-corrected chi connectivity index (χ0v) is 31.4. The van der Waals surface area contributed by atoms with E-state index in [4.69, 9.17) is 8.83 Å². The minimum atomic E-state index is 0.900. The third-order valence-corrected chi connectivity index (χ3v) is 11.9. The highest BCUT2D eigenvalue weighted by Gasteiger charge is 2.24. The Morgan fingerprint density at radius 3 is 0.897 bits per heavy atom. The normalized spacial score (nSPS) is 11.8. The average molecular weight is 739 g/mol. The van der Waals surface area contributed by atoms with Crippen molar-refractivity contribution in [2.75, 3.05) is 0 Å². The third-order valence-electron chi connectivity index (χ3n) is 11.9. The van der Waals surface area contributed by atoms with Crippen LogP contribution in [0, 0.1) is 0 Å². The molecule has 0 bridgehead atoms. The molecule has 0 saturated carbocycles. The fourth-order valence-electron chi connectivity index (χ4n) is 9.33. The van der Waals surface area contributed by atoms with E-state index in [1.807, 2.05) is 12.1 Å². The van der Waals surface area contributed by atoms with Gasteiger partial charge in [0.1, 0.15) is 22.3 Å². The lowest BCUT2D eigenvalue weighted by Gasteiger charge is -2.17. The number of hydrogen-bond donors (Lipinski definition) is 0. The molecule has 0 fully saturated rings. The van der Waals surface area contributed by atoms with Crippen LogP contribution < -0.4 is 0 Å². The standard InChI is InChI=1S/C56H34O2/c1-3-15-37(16-4-1)51-49(41-19-7-9-21-43(41)53-45-23-11-13-25-47(45)57-55(51)53)39-31-27-35(28-32-39)36-29-33-40(34-30-36)50-42-20-8-10-22-44(42)54-46-24-12-14-26-48(46)58-56(54)52(50)38-17-5-2-6-18-38/h1-34H. The molecule has 2 heteroatoms. The number of hydrogen-bond acceptors (Lipinski definition) is 2. The van der Waals surface area contributed by atoms with Gasteiger partial charge in [0.05, 0.1) is 0 Å². The molecule has 0 spiro atoms. The maximum Gasteiger partial charge on any atom is 0.144 e. The van der Waals surface area contributed by atoms with E-state index in [1.165, 1.54) is 32.7 Å². The van der Waals surface area contributed by atoms with Crippen LogP contribution in [0.5, 0.6) is 0 Å². The first-order chi connectivity index (χ1) is 28.8. The van der Waals surface area contributed by atoms with E-state index in [-0.39, 0.29) is 0 Å². The molecule has 2 nitrogen and oxygen atoms in total. The molecule has 0 aliphatic rings. The van der Waals surface area contributed by atoms with Gasteiger partial charge in [-0.3, -0.25) is 0 Å². The summed E-state index contributed by atoms with van der Waals surface area (Å²) in [6.07, 6.45) is 0. The van der Waals surface area contributed by atoms with Crippen molar-refractivity contribution in [1.82, 2.24) is 0 Å². The van der Waals surface area contributed by atoms with E-state index in [2.05, 4.69) is 194 Å². The maximum absolute atomic E-state index is 6.75. The molecule has 0 unspecified atom stereocenters. The van der Waals surface area contributed by atoms with Crippen LogP contribution in [0.15, 0.2) is 215 Å². The molecule has 270 valence electrons. The highest BCUT2D eigenvalue weighted by Crippen LogP contribution is 2.50. The Morgan fingerprint density at radius 1 is 0.207 bits per heavy atom. The molecule has 10 aromatic carbocycles. The second-order valence-electron chi connectivity index (χ2n) is 15.1. The smallest absolute Gasteiger partial charge is 0.144 e. The van der Waals surface area contributed by atoms with Gasteiger partial charge in [0.15, 0.2) is 0 Å². The topological polar surface area (TPSA) is 26.3 Å². The molecule has 0 N–H and O–H groups in total. The second-order valence-corrected chi connectivity index (χ2v) is 15.1. The van der Waals surface area contributed by atoms with Gasteiger partial charge < -0.3 is 8.83 Å². The van der Waals surface area contributed by atoms with E-state index in [1.54, 1.807) is 0 Å². The highest BCUT2D eigenvalue weighted by atomic mass is 16.3. The minimum absolute atomic E-state index is 0.900. The van der Waals surface area contributed by atoms with E-state index in [0.29, 0.717) is 0 Å². The summed E-state index contributed by atoms with van der Waals surface area (Å²) in [5, 5.41) is 9.40. The molecule has 0 aliphatic carbocycles. The second kappa shape index (κ2) is 12.9. The van der Waals surface area contributed by atoms with Gasteiger partial charge in [-0.15, -0.1) is 0 Å². The van der Waals surface area contributed by atoms with Crippen LogP contribution in [-0.2, 0) is 0 Å². The zero-order valence-electron chi connectivity index (χ0n) is 31.4. The highest BCUT2D eigenvalue weighted by molar-refractivity contribution is 6.28. The van der Waals surface area contributed by atoms with Crippen molar-refractivity contribution in [3.63, 3.8) is 0 Å². The van der Waals surface area contributed by atoms with E-state index in [9.17, 15) is 0 Å². The van der Waals surface area contributed by atoms with Crippen molar-refractivity contribution >= 4 is 65.4 Å². The molecule has 12 rings (SSSR count). The minimum Gasteiger partial charge on any atom is -0.455 e. The summed E-state index contributed by atoms with van der Waals surface area (Å²) in [7, 11) is 0. The van der Waals surface area contributed by atoms with Crippen LogP contribution in [0.4, 0.5) is 0 Å². The van der Waals surface area contributed by atoms with Crippen LogP contribution in [0.2, 0.25) is 0 Å². The monoisotopic (exact) mass is 738 g/mol. The molecule has 0 amide bonds. The summed E-state index contributed by atoms with van der Waals surface area (Å²) >= 11 is 0. The van der Waals surface area contributed by atoms with Crippen molar-refractivity contribution < 1.29 is 8.83 Å². The largest absolute Gasteiger partial charge is 0.455 e. The molecular weight excluding hydrogens is 705 g/mol.